The Morgan fingerprint density at radius 1 is 1.03 bits per heavy atom. The van der Waals surface area contributed by atoms with Crippen LogP contribution in [0.25, 0.3) is 28.2 Å². The Morgan fingerprint density at radius 2 is 1.86 bits per heavy atom. The fraction of sp³-hybridized carbons (Fsp3) is 0.296. The van der Waals surface area contributed by atoms with Gasteiger partial charge in [-0.1, -0.05) is 34.7 Å². The zero-order chi connectivity index (χ0) is 24.6. The highest BCUT2D eigenvalue weighted by molar-refractivity contribution is 14.1. The molecule has 0 radical (unpaired) electrons. The van der Waals surface area contributed by atoms with Crippen molar-refractivity contribution in [1.29, 1.82) is 5.26 Å². The number of amides is 1. The number of rotatable bonds is 4. The summed E-state index contributed by atoms with van der Waals surface area (Å²) in [4.78, 5) is 30.8. The van der Waals surface area contributed by atoms with Crippen LogP contribution in [0.1, 0.15) is 31.2 Å². The highest BCUT2D eigenvalue weighted by atomic mass is 127. The number of nitrogens with zero attached hydrogens (tertiary/aromatic N) is 7. The molecule has 2 fully saturated rings. The molecule has 4 aromatic rings. The van der Waals surface area contributed by atoms with Gasteiger partial charge in [-0.3, -0.25) is 14.1 Å². The molecule has 1 unspecified atom stereocenters. The maximum Gasteiger partial charge on any atom is 0.228 e. The minimum Gasteiger partial charge on any atom is -0.352 e. The summed E-state index contributed by atoms with van der Waals surface area (Å²) < 4.78 is 2.65. The van der Waals surface area contributed by atoms with Gasteiger partial charge in [0.2, 0.25) is 5.91 Å². The van der Waals surface area contributed by atoms with Crippen molar-refractivity contribution >= 4 is 45.8 Å². The number of hydrogen-bond acceptors (Lipinski definition) is 6. The molecule has 180 valence electrons. The maximum atomic E-state index is 12.2. The van der Waals surface area contributed by atoms with E-state index in [0.717, 1.165) is 59.9 Å². The van der Waals surface area contributed by atoms with E-state index in [-0.39, 0.29) is 5.91 Å². The lowest BCUT2D eigenvalue weighted by Gasteiger charge is -2.31. The number of fused-ring (bicyclic) bond motifs is 1. The molecular formula is C27H24IN7O. The minimum atomic E-state index is 0.117. The number of pyridine rings is 1. The van der Waals surface area contributed by atoms with Gasteiger partial charge in [-0.2, -0.15) is 5.26 Å². The van der Waals surface area contributed by atoms with Crippen LogP contribution in [0.5, 0.6) is 0 Å². The average molecular weight is 589 g/mol. The molecule has 1 atom stereocenters. The van der Waals surface area contributed by atoms with E-state index >= 15 is 0 Å². The SMILES string of the molecule is N#Cc1ccc(-c2nc(N3CCCC(I)C3)c3nccn3c2-c2ccc(N3CCCC3=O)nc2)cc1. The van der Waals surface area contributed by atoms with E-state index in [1.54, 1.807) is 4.90 Å². The van der Waals surface area contributed by atoms with Crippen LogP contribution >= 0.6 is 22.6 Å². The van der Waals surface area contributed by atoms with Crippen molar-refractivity contribution in [2.45, 2.75) is 29.6 Å². The van der Waals surface area contributed by atoms with Gasteiger partial charge in [-0.25, -0.2) is 15.0 Å². The minimum absolute atomic E-state index is 0.117. The van der Waals surface area contributed by atoms with E-state index in [2.05, 4.69) is 42.9 Å². The fourth-order valence-electron chi connectivity index (χ4n) is 5.06. The first-order valence-corrected chi connectivity index (χ1v) is 13.4. The number of aromatic nitrogens is 4. The zero-order valence-electron chi connectivity index (χ0n) is 19.6. The predicted octanol–water partition coefficient (Wildman–Crippen LogP) is 4.86. The molecular weight excluding hydrogens is 565 g/mol. The number of carbonyl (C=O) groups is 1. The number of benzene rings is 1. The molecule has 1 amide bonds. The van der Waals surface area contributed by atoms with Crippen LogP contribution in [0.3, 0.4) is 0 Å². The van der Waals surface area contributed by atoms with Crippen LogP contribution in [-0.2, 0) is 4.79 Å². The van der Waals surface area contributed by atoms with E-state index in [4.69, 9.17) is 9.97 Å². The summed E-state index contributed by atoms with van der Waals surface area (Å²) in [5, 5.41) is 9.30. The van der Waals surface area contributed by atoms with E-state index in [1.807, 2.05) is 55.0 Å². The Hall–Kier alpha value is -3.52. The van der Waals surface area contributed by atoms with E-state index in [9.17, 15) is 10.1 Å². The van der Waals surface area contributed by atoms with Gasteiger partial charge >= 0.3 is 0 Å². The molecule has 3 aromatic heterocycles. The normalized spacial score (nSPS) is 18.1. The van der Waals surface area contributed by atoms with Crippen LogP contribution in [0.2, 0.25) is 0 Å². The van der Waals surface area contributed by atoms with Gasteiger partial charge in [-0.15, -0.1) is 0 Å². The van der Waals surface area contributed by atoms with Gasteiger partial charge < -0.3 is 4.90 Å². The first kappa shape index (κ1) is 22.9. The summed E-state index contributed by atoms with van der Waals surface area (Å²) >= 11 is 2.52. The van der Waals surface area contributed by atoms with Crippen LogP contribution in [0, 0.1) is 11.3 Å². The molecule has 6 rings (SSSR count). The first-order chi connectivity index (χ1) is 17.6. The Kier molecular flexibility index (Phi) is 6.05. The molecule has 9 heteroatoms. The van der Waals surface area contributed by atoms with Gasteiger partial charge in [-0.05, 0) is 43.5 Å². The Bertz CT molecular complexity index is 1470. The summed E-state index contributed by atoms with van der Waals surface area (Å²) in [5.41, 5.74) is 4.91. The number of alkyl halides is 1. The lowest BCUT2D eigenvalue weighted by molar-refractivity contribution is -0.117. The third-order valence-electron chi connectivity index (χ3n) is 6.85. The largest absolute Gasteiger partial charge is 0.352 e. The third-order valence-corrected chi connectivity index (χ3v) is 7.86. The zero-order valence-corrected chi connectivity index (χ0v) is 21.8. The third kappa shape index (κ3) is 4.09. The summed E-state index contributed by atoms with van der Waals surface area (Å²) in [6.45, 7) is 2.58. The second-order valence-electron chi connectivity index (χ2n) is 9.18. The second-order valence-corrected chi connectivity index (χ2v) is 10.9. The molecule has 0 bridgehead atoms. The molecule has 5 heterocycles. The van der Waals surface area contributed by atoms with Gasteiger partial charge in [0, 0.05) is 59.7 Å². The standard InChI is InChI=1S/C27H24IN7O/c28-21-3-1-12-33(17-21)27-26-30-11-14-35(26)25(24(32-27)19-7-5-18(15-29)6-8-19)20-9-10-22(31-16-20)34-13-2-4-23(34)36/h5-11,14,16,21H,1-4,12-13,17H2. The monoisotopic (exact) mass is 589 g/mol. The number of imidazole rings is 1. The number of anilines is 2. The molecule has 1 aromatic carbocycles. The summed E-state index contributed by atoms with van der Waals surface area (Å²) in [5.74, 6) is 1.66. The molecule has 0 N–H and O–H groups in total. The molecule has 0 saturated carbocycles. The van der Waals surface area contributed by atoms with Crippen LogP contribution in [-0.4, -0.2) is 48.8 Å². The number of carbonyl (C=O) groups excluding carboxylic acids is 1. The van der Waals surface area contributed by atoms with Crippen molar-refractivity contribution in [3.05, 3.63) is 60.6 Å². The molecule has 2 aliphatic rings. The van der Waals surface area contributed by atoms with Crippen LogP contribution in [0.15, 0.2) is 55.0 Å². The smallest absolute Gasteiger partial charge is 0.228 e. The number of hydrogen-bond donors (Lipinski definition) is 0. The first-order valence-electron chi connectivity index (χ1n) is 12.2. The van der Waals surface area contributed by atoms with E-state index in [1.165, 1.54) is 6.42 Å². The number of nitriles is 1. The number of halogens is 1. The second kappa shape index (κ2) is 9.50. The molecule has 2 saturated heterocycles. The van der Waals surface area contributed by atoms with Crippen molar-refractivity contribution in [2.24, 2.45) is 0 Å². The summed E-state index contributed by atoms with van der Waals surface area (Å²) in [7, 11) is 0. The summed E-state index contributed by atoms with van der Waals surface area (Å²) in [6.07, 6.45) is 9.35. The van der Waals surface area contributed by atoms with E-state index in [0.29, 0.717) is 28.3 Å². The van der Waals surface area contributed by atoms with Crippen molar-refractivity contribution in [3.63, 3.8) is 0 Å². The molecule has 0 spiro atoms. The predicted molar refractivity (Wildman–Crippen MR) is 147 cm³/mol. The van der Waals surface area contributed by atoms with Crippen molar-refractivity contribution in [3.8, 4) is 28.6 Å². The Balaban J connectivity index is 1.52. The fourth-order valence-corrected chi connectivity index (χ4v) is 5.97. The van der Waals surface area contributed by atoms with Crippen LogP contribution in [0.4, 0.5) is 11.6 Å². The van der Waals surface area contributed by atoms with Gasteiger partial charge in [0.15, 0.2) is 11.5 Å². The van der Waals surface area contributed by atoms with Crippen LogP contribution < -0.4 is 9.80 Å². The molecule has 0 aliphatic carbocycles. The quantitative estimate of drug-likeness (QED) is 0.250. The maximum absolute atomic E-state index is 12.2. The number of piperidine rings is 1. The lowest BCUT2D eigenvalue weighted by atomic mass is 10.0. The lowest BCUT2D eigenvalue weighted by Crippen LogP contribution is -2.36. The topological polar surface area (TPSA) is 90.4 Å². The van der Waals surface area contributed by atoms with Gasteiger partial charge in [0.05, 0.1) is 23.0 Å². The van der Waals surface area contributed by atoms with Gasteiger partial charge in [0.25, 0.3) is 0 Å². The molecule has 2 aliphatic heterocycles. The van der Waals surface area contributed by atoms with Crippen molar-refractivity contribution in [1.82, 2.24) is 19.4 Å². The molecule has 36 heavy (non-hydrogen) atoms. The summed E-state index contributed by atoms with van der Waals surface area (Å²) in [6, 6.07) is 13.6. The highest BCUT2D eigenvalue weighted by Crippen LogP contribution is 2.36. The van der Waals surface area contributed by atoms with Crippen molar-refractivity contribution < 1.29 is 4.79 Å². The Labute approximate surface area is 222 Å². The van der Waals surface area contributed by atoms with Crippen molar-refractivity contribution in [2.75, 3.05) is 29.4 Å². The van der Waals surface area contributed by atoms with Gasteiger partial charge in [0.1, 0.15) is 5.82 Å². The Morgan fingerprint density at radius 3 is 2.56 bits per heavy atom. The average Bonchev–Trinajstić information content (AvgIpc) is 3.57. The molecule has 8 nitrogen and oxygen atoms in total. The highest BCUT2D eigenvalue weighted by Gasteiger charge is 2.26. The van der Waals surface area contributed by atoms with E-state index < -0.39 is 0 Å².